The van der Waals surface area contributed by atoms with E-state index >= 15 is 0 Å². The van der Waals surface area contributed by atoms with E-state index in [0.717, 1.165) is 28.7 Å². The van der Waals surface area contributed by atoms with Crippen molar-refractivity contribution in [3.63, 3.8) is 0 Å². The first-order valence-corrected chi connectivity index (χ1v) is 12.0. The largest absolute Gasteiger partial charge is 0.493 e. The quantitative estimate of drug-likeness (QED) is 0.391. The van der Waals surface area contributed by atoms with Crippen LogP contribution in [0.5, 0.6) is 5.75 Å². The predicted molar refractivity (Wildman–Crippen MR) is 133 cm³/mol. The maximum absolute atomic E-state index is 12.7. The van der Waals surface area contributed by atoms with Gasteiger partial charge in [-0.25, -0.2) is 0 Å². The highest BCUT2D eigenvalue weighted by atomic mass is 79.9. The zero-order chi connectivity index (χ0) is 23.4. The first-order valence-electron chi connectivity index (χ1n) is 10.8. The van der Waals surface area contributed by atoms with Crippen molar-refractivity contribution in [2.45, 2.75) is 31.4 Å². The number of carbonyl (C=O) groups is 1. The fraction of sp³-hybridized carbons (Fsp3) is 0.333. The summed E-state index contributed by atoms with van der Waals surface area (Å²) < 4.78 is 8.71. The van der Waals surface area contributed by atoms with Gasteiger partial charge in [-0.3, -0.25) is 9.48 Å². The number of hydrogen-bond donors (Lipinski definition) is 3. The number of carbonyl (C=O) groups excluding carboxylic acids is 1. The van der Waals surface area contributed by atoms with Gasteiger partial charge in [-0.15, -0.1) is 0 Å². The van der Waals surface area contributed by atoms with Gasteiger partial charge in [-0.2, -0.15) is 5.10 Å². The number of rotatable bonds is 8. The third-order valence-electron chi connectivity index (χ3n) is 5.72. The van der Waals surface area contributed by atoms with E-state index in [0.29, 0.717) is 34.7 Å². The third-order valence-corrected chi connectivity index (χ3v) is 6.55. The Bertz CT molecular complexity index is 1090. The lowest BCUT2D eigenvalue weighted by Crippen LogP contribution is -2.23. The van der Waals surface area contributed by atoms with Crippen LogP contribution in [0.15, 0.2) is 53.1 Å². The van der Waals surface area contributed by atoms with Gasteiger partial charge in [0.05, 0.1) is 23.0 Å². The Labute approximate surface area is 206 Å². The molecule has 1 saturated heterocycles. The molecular formula is C24H26BrClN4O3. The summed E-state index contributed by atoms with van der Waals surface area (Å²) in [6, 6.07) is 12.4. The molecule has 0 saturated carbocycles. The second-order valence-electron chi connectivity index (χ2n) is 8.05. The molecule has 1 aliphatic heterocycles. The van der Waals surface area contributed by atoms with E-state index in [2.05, 4.69) is 31.7 Å². The van der Waals surface area contributed by atoms with Crippen LogP contribution in [0.25, 0.3) is 11.3 Å². The highest BCUT2D eigenvalue weighted by molar-refractivity contribution is 9.10. The van der Waals surface area contributed by atoms with Gasteiger partial charge in [-0.1, -0.05) is 23.7 Å². The molecule has 0 spiro atoms. The molecule has 0 aliphatic carbocycles. The van der Waals surface area contributed by atoms with Gasteiger partial charge in [-0.05, 0) is 77.6 Å². The second kappa shape index (κ2) is 10.7. The smallest absolute Gasteiger partial charge is 0.257 e. The molecule has 9 heteroatoms. The lowest BCUT2D eigenvalue weighted by Gasteiger charge is -2.17. The van der Waals surface area contributed by atoms with Gasteiger partial charge in [0.15, 0.2) is 6.10 Å². The lowest BCUT2D eigenvalue weighted by atomic mass is 10.1. The van der Waals surface area contributed by atoms with Gasteiger partial charge in [0.2, 0.25) is 0 Å². The van der Waals surface area contributed by atoms with Crippen LogP contribution in [0, 0.1) is 0 Å². The monoisotopic (exact) mass is 532 g/mol. The van der Waals surface area contributed by atoms with Crippen LogP contribution in [0.3, 0.4) is 0 Å². The maximum Gasteiger partial charge on any atom is 0.257 e. The Kier molecular flexibility index (Phi) is 7.70. The predicted octanol–water partition coefficient (Wildman–Crippen LogP) is 4.70. The minimum absolute atomic E-state index is 0.465. The molecule has 4 rings (SSSR count). The van der Waals surface area contributed by atoms with Crippen molar-refractivity contribution in [1.29, 1.82) is 0 Å². The van der Waals surface area contributed by atoms with Crippen LogP contribution in [-0.4, -0.2) is 40.0 Å². The fourth-order valence-electron chi connectivity index (χ4n) is 3.95. The standard InChI is InChI=1S/C24H26BrClN4O3/c1-30-22(20(25)14-28-30)19-13-18(8-9-21(19)33-12-10-17-3-2-11-27-17)29-24(32)23(31)15-4-6-16(26)7-5-15/h4-9,13-14,17,23,27,31H,2-3,10-12H2,1H3,(H,29,32). The molecule has 3 aromatic rings. The number of amides is 1. The molecule has 2 atom stereocenters. The van der Waals surface area contributed by atoms with Crippen molar-refractivity contribution >= 4 is 39.1 Å². The van der Waals surface area contributed by atoms with Crippen molar-refractivity contribution in [3.8, 4) is 17.0 Å². The summed E-state index contributed by atoms with van der Waals surface area (Å²) in [6.07, 6.45) is 3.71. The molecule has 0 bridgehead atoms. The summed E-state index contributed by atoms with van der Waals surface area (Å²) in [5, 5.41) is 21.6. The van der Waals surface area contributed by atoms with Crippen molar-refractivity contribution in [2.24, 2.45) is 7.05 Å². The van der Waals surface area contributed by atoms with Gasteiger partial charge in [0, 0.05) is 29.4 Å². The summed E-state index contributed by atoms with van der Waals surface area (Å²) in [4.78, 5) is 12.7. The molecule has 1 aromatic heterocycles. The number of aliphatic hydroxyl groups excluding tert-OH is 1. The molecule has 0 radical (unpaired) electrons. The van der Waals surface area contributed by atoms with Gasteiger partial charge in [0.25, 0.3) is 5.91 Å². The first kappa shape index (κ1) is 23.8. The molecule has 7 nitrogen and oxygen atoms in total. The van der Waals surface area contributed by atoms with Gasteiger partial charge < -0.3 is 20.5 Å². The molecule has 1 aliphatic rings. The summed E-state index contributed by atoms with van der Waals surface area (Å²) in [5.41, 5.74) is 2.63. The Morgan fingerprint density at radius 3 is 2.82 bits per heavy atom. The number of aromatic nitrogens is 2. The van der Waals surface area contributed by atoms with E-state index in [1.54, 1.807) is 41.2 Å². The topological polar surface area (TPSA) is 88.4 Å². The fourth-order valence-corrected chi connectivity index (χ4v) is 4.64. The Balaban J connectivity index is 1.54. The van der Waals surface area contributed by atoms with Crippen molar-refractivity contribution in [1.82, 2.24) is 15.1 Å². The molecule has 1 amide bonds. The van der Waals surface area contributed by atoms with Gasteiger partial charge in [0.1, 0.15) is 5.75 Å². The zero-order valence-corrected chi connectivity index (χ0v) is 20.6. The molecule has 33 heavy (non-hydrogen) atoms. The maximum atomic E-state index is 12.7. The minimum atomic E-state index is -1.32. The normalized spacial score (nSPS) is 16.5. The van der Waals surface area contributed by atoms with E-state index in [9.17, 15) is 9.90 Å². The van der Waals surface area contributed by atoms with Gasteiger partial charge >= 0.3 is 0 Å². The molecule has 3 N–H and O–H groups in total. The van der Waals surface area contributed by atoms with Crippen LogP contribution in [-0.2, 0) is 11.8 Å². The Hall–Kier alpha value is -2.39. The van der Waals surface area contributed by atoms with E-state index in [1.165, 1.54) is 12.8 Å². The number of benzene rings is 2. The third kappa shape index (κ3) is 5.76. The number of ether oxygens (including phenoxy) is 1. The van der Waals surface area contributed by atoms with Crippen LogP contribution >= 0.6 is 27.5 Å². The average molecular weight is 534 g/mol. The SMILES string of the molecule is Cn1ncc(Br)c1-c1cc(NC(=O)C(O)c2ccc(Cl)cc2)ccc1OCCC1CCCN1. The van der Waals surface area contributed by atoms with E-state index in [4.69, 9.17) is 16.3 Å². The molecule has 174 valence electrons. The molecule has 2 heterocycles. The average Bonchev–Trinajstić information content (AvgIpc) is 3.44. The molecule has 2 unspecified atom stereocenters. The zero-order valence-electron chi connectivity index (χ0n) is 18.2. The number of nitrogens with one attached hydrogen (secondary N) is 2. The number of hydrogen-bond acceptors (Lipinski definition) is 5. The lowest BCUT2D eigenvalue weighted by molar-refractivity contribution is -0.124. The second-order valence-corrected chi connectivity index (χ2v) is 9.34. The van der Waals surface area contributed by atoms with Crippen molar-refractivity contribution in [3.05, 3.63) is 63.7 Å². The minimum Gasteiger partial charge on any atom is -0.493 e. The first-order chi connectivity index (χ1) is 15.9. The molecule has 2 aromatic carbocycles. The highest BCUT2D eigenvalue weighted by Crippen LogP contribution is 2.37. The van der Waals surface area contributed by atoms with Crippen LogP contribution in [0.2, 0.25) is 5.02 Å². The van der Waals surface area contributed by atoms with Crippen LogP contribution in [0.4, 0.5) is 5.69 Å². The summed E-state index contributed by atoms with van der Waals surface area (Å²) in [6.45, 7) is 1.65. The number of aliphatic hydroxyl groups is 1. The summed E-state index contributed by atoms with van der Waals surface area (Å²) in [7, 11) is 1.85. The highest BCUT2D eigenvalue weighted by Gasteiger charge is 2.20. The van der Waals surface area contributed by atoms with E-state index < -0.39 is 12.0 Å². The molecule has 1 fully saturated rings. The Morgan fingerprint density at radius 1 is 1.36 bits per heavy atom. The van der Waals surface area contributed by atoms with E-state index in [1.807, 2.05) is 19.2 Å². The number of nitrogens with zero attached hydrogens (tertiary/aromatic N) is 2. The van der Waals surface area contributed by atoms with Crippen LogP contribution < -0.4 is 15.4 Å². The molecular weight excluding hydrogens is 508 g/mol. The summed E-state index contributed by atoms with van der Waals surface area (Å²) in [5.74, 6) is 0.168. The summed E-state index contributed by atoms with van der Waals surface area (Å²) >= 11 is 9.45. The number of aryl methyl sites for hydroxylation is 1. The van der Waals surface area contributed by atoms with Crippen LogP contribution in [0.1, 0.15) is 30.9 Å². The Morgan fingerprint density at radius 2 is 2.15 bits per heavy atom. The van der Waals surface area contributed by atoms with Crippen molar-refractivity contribution < 1.29 is 14.6 Å². The van der Waals surface area contributed by atoms with Crippen molar-refractivity contribution in [2.75, 3.05) is 18.5 Å². The van der Waals surface area contributed by atoms with E-state index in [-0.39, 0.29) is 0 Å². The number of anilines is 1. The number of halogens is 2.